The van der Waals surface area contributed by atoms with Gasteiger partial charge in [0.2, 0.25) is 5.91 Å². The number of carboxylic acids is 1. The highest BCUT2D eigenvalue weighted by Crippen LogP contribution is 2.38. The quantitative estimate of drug-likeness (QED) is 0.742. The first-order chi connectivity index (χ1) is 8.09. The minimum Gasteiger partial charge on any atom is -0.481 e. The van der Waals surface area contributed by atoms with Crippen LogP contribution < -0.4 is 5.32 Å². The number of hydrogen-bond acceptors (Lipinski definition) is 3. The van der Waals surface area contributed by atoms with E-state index in [2.05, 4.69) is 17.3 Å². The third kappa shape index (κ3) is 2.97. The fourth-order valence-electron chi connectivity index (χ4n) is 2.51. The molecule has 2 fully saturated rings. The molecule has 1 saturated carbocycles. The Kier molecular flexibility index (Phi) is 3.66. The van der Waals surface area contributed by atoms with Crippen LogP contribution in [0.2, 0.25) is 0 Å². The van der Waals surface area contributed by atoms with E-state index in [-0.39, 0.29) is 11.8 Å². The Labute approximate surface area is 101 Å². The monoisotopic (exact) mass is 240 g/mol. The van der Waals surface area contributed by atoms with Gasteiger partial charge in [-0.15, -0.1) is 0 Å². The lowest BCUT2D eigenvalue weighted by atomic mass is 10.0. The molecule has 1 aliphatic carbocycles. The molecular formula is C12H20N2O3. The van der Waals surface area contributed by atoms with Crippen LogP contribution >= 0.6 is 0 Å². The predicted molar refractivity (Wildman–Crippen MR) is 62.5 cm³/mol. The summed E-state index contributed by atoms with van der Waals surface area (Å²) in [6.45, 7) is 1.74. The van der Waals surface area contributed by atoms with Crippen molar-refractivity contribution in [1.29, 1.82) is 0 Å². The van der Waals surface area contributed by atoms with Crippen LogP contribution in [-0.2, 0) is 9.59 Å². The van der Waals surface area contributed by atoms with Crippen LogP contribution in [0.3, 0.4) is 0 Å². The Bertz CT molecular complexity index is 319. The van der Waals surface area contributed by atoms with Gasteiger partial charge in [-0.05, 0) is 32.9 Å². The first-order valence-corrected chi connectivity index (χ1v) is 6.30. The maximum absolute atomic E-state index is 11.7. The molecule has 5 heteroatoms. The van der Waals surface area contributed by atoms with Crippen molar-refractivity contribution in [1.82, 2.24) is 10.2 Å². The topological polar surface area (TPSA) is 69.6 Å². The second kappa shape index (κ2) is 5.04. The molecule has 1 saturated heterocycles. The van der Waals surface area contributed by atoms with E-state index in [4.69, 9.17) is 5.11 Å². The smallest absolute Gasteiger partial charge is 0.307 e. The Hall–Kier alpha value is -1.10. The summed E-state index contributed by atoms with van der Waals surface area (Å²) in [4.78, 5) is 24.6. The molecule has 0 aromatic heterocycles. The van der Waals surface area contributed by atoms with Crippen LogP contribution in [0.1, 0.15) is 25.7 Å². The second-order valence-corrected chi connectivity index (χ2v) is 5.16. The SMILES string of the molecule is CN1CCCCC1CNC(=O)[C@@H]1C[C@@H]1C(=O)O. The van der Waals surface area contributed by atoms with Gasteiger partial charge in [0.15, 0.2) is 0 Å². The first-order valence-electron chi connectivity index (χ1n) is 6.30. The van der Waals surface area contributed by atoms with Gasteiger partial charge in [0.1, 0.15) is 0 Å². The van der Waals surface area contributed by atoms with Crippen molar-refractivity contribution >= 4 is 11.9 Å². The van der Waals surface area contributed by atoms with Gasteiger partial charge in [0.05, 0.1) is 11.8 Å². The average molecular weight is 240 g/mol. The van der Waals surface area contributed by atoms with Gasteiger partial charge in [-0.2, -0.15) is 0 Å². The summed E-state index contributed by atoms with van der Waals surface area (Å²) >= 11 is 0. The van der Waals surface area contributed by atoms with Gasteiger partial charge in [0.25, 0.3) is 0 Å². The van der Waals surface area contributed by atoms with Crippen molar-refractivity contribution in [3.8, 4) is 0 Å². The molecule has 0 bridgehead atoms. The molecule has 3 atom stereocenters. The number of piperidine rings is 1. The van der Waals surface area contributed by atoms with Gasteiger partial charge in [-0.25, -0.2) is 0 Å². The number of carbonyl (C=O) groups excluding carboxylic acids is 1. The van der Waals surface area contributed by atoms with Crippen molar-refractivity contribution < 1.29 is 14.7 Å². The number of rotatable bonds is 4. The minimum absolute atomic E-state index is 0.0867. The van der Waals surface area contributed by atoms with Crippen molar-refractivity contribution in [2.45, 2.75) is 31.7 Å². The average Bonchev–Trinajstić information content (AvgIpc) is 3.07. The fraction of sp³-hybridized carbons (Fsp3) is 0.833. The van der Waals surface area contributed by atoms with E-state index in [1.165, 1.54) is 12.8 Å². The molecular weight excluding hydrogens is 220 g/mol. The van der Waals surface area contributed by atoms with Gasteiger partial charge in [-0.3, -0.25) is 9.59 Å². The minimum atomic E-state index is -0.847. The summed E-state index contributed by atoms with van der Waals surface area (Å²) in [7, 11) is 2.08. The number of aliphatic carboxylic acids is 1. The van der Waals surface area contributed by atoms with E-state index in [0.29, 0.717) is 19.0 Å². The zero-order chi connectivity index (χ0) is 12.4. The summed E-state index contributed by atoms with van der Waals surface area (Å²) in [6, 6.07) is 0.412. The Morgan fingerprint density at radius 2 is 2.12 bits per heavy atom. The number of carbonyl (C=O) groups is 2. The van der Waals surface area contributed by atoms with Crippen LogP contribution in [-0.4, -0.2) is 48.1 Å². The van der Waals surface area contributed by atoms with Crippen molar-refractivity contribution in [3.63, 3.8) is 0 Å². The summed E-state index contributed by atoms with van der Waals surface area (Å²) < 4.78 is 0. The Morgan fingerprint density at radius 1 is 1.35 bits per heavy atom. The van der Waals surface area contributed by atoms with Gasteiger partial charge >= 0.3 is 5.97 Å². The zero-order valence-corrected chi connectivity index (χ0v) is 10.2. The van der Waals surface area contributed by atoms with E-state index in [1.807, 2.05) is 0 Å². The van der Waals surface area contributed by atoms with E-state index in [9.17, 15) is 9.59 Å². The van der Waals surface area contributed by atoms with E-state index in [0.717, 1.165) is 13.0 Å². The third-order valence-electron chi connectivity index (χ3n) is 3.88. The lowest BCUT2D eigenvalue weighted by molar-refractivity contribution is -0.140. The molecule has 1 amide bonds. The van der Waals surface area contributed by atoms with Crippen LogP contribution in [0.4, 0.5) is 0 Å². The molecule has 0 spiro atoms. The maximum atomic E-state index is 11.7. The molecule has 96 valence electrons. The number of likely N-dealkylation sites (tertiary alicyclic amines) is 1. The number of nitrogens with one attached hydrogen (secondary N) is 1. The molecule has 1 unspecified atom stereocenters. The summed E-state index contributed by atoms with van der Waals surface area (Å²) in [6.07, 6.45) is 4.06. The van der Waals surface area contributed by atoms with Gasteiger partial charge in [0, 0.05) is 12.6 Å². The zero-order valence-electron chi connectivity index (χ0n) is 10.2. The fourth-order valence-corrected chi connectivity index (χ4v) is 2.51. The standard InChI is InChI=1S/C12H20N2O3/c1-14-5-3-2-4-8(14)7-13-11(15)9-6-10(9)12(16)17/h8-10H,2-7H2,1H3,(H,13,15)(H,16,17)/t8?,9-,10+/m1/s1. The summed E-state index contributed by atoms with van der Waals surface area (Å²) in [5.41, 5.74) is 0. The Balaban J connectivity index is 1.71. The number of amides is 1. The van der Waals surface area contributed by atoms with Gasteiger partial charge < -0.3 is 15.3 Å². The van der Waals surface area contributed by atoms with Crippen molar-refractivity contribution in [2.75, 3.05) is 20.1 Å². The molecule has 2 rings (SSSR count). The molecule has 0 aromatic carbocycles. The lowest BCUT2D eigenvalue weighted by Crippen LogP contribution is -2.45. The summed E-state index contributed by atoms with van der Waals surface area (Å²) in [5.74, 6) is -1.67. The number of hydrogen-bond donors (Lipinski definition) is 2. The summed E-state index contributed by atoms with van der Waals surface area (Å²) in [5, 5.41) is 11.6. The highest BCUT2D eigenvalue weighted by atomic mass is 16.4. The third-order valence-corrected chi connectivity index (χ3v) is 3.88. The molecule has 0 aromatic rings. The number of likely N-dealkylation sites (N-methyl/N-ethyl adjacent to an activating group) is 1. The van der Waals surface area contributed by atoms with Crippen LogP contribution in [0.25, 0.3) is 0 Å². The molecule has 1 heterocycles. The molecule has 1 aliphatic heterocycles. The van der Waals surface area contributed by atoms with Crippen LogP contribution in [0, 0.1) is 11.8 Å². The van der Waals surface area contributed by atoms with Gasteiger partial charge in [-0.1, -0.05) is 6.42 Å². The van der Waals surface area contributed by atoms with Crippen LogP contribution in [0.15, 0.2) is 0 Å². The van der Waals surface area contributed by atoms with Crippen LogP contribution in [0.5, 0.6) is 0 Å². The highest BCUT2D eigenvalue weighted by molar-refractivity contribution is 5.89. The maximum Gasteiger partial charge on any atom is 0.307 e. The molecule has 0 radical (unpaired) electrons. The first kappa shape index (κ1) is 12.4. The van der Waals surface area contributed by atoms with E-state index >= 15 is 0 Å². The number of nitrogens with zero attached hydrogens (tertiary/aromatic N) is 1. The molecule has 5 nitrogen and oxygen atoms in total. The largest absolute Gasteiger partial charge is 0.481 e. The normalized spacial score (nSPS) is 33.1. The van der Waals surface area contributed by atoms with Crippen molar-refractivity contribution in [3.05, 3.63) is 0 Å². The molecule has 17 heavy (non-hydrogen) atoms. The second-order valence-electron chi connectivity index (χ2n) is 5.16. The van der Waals surface area contributed by atoms with E-state index in [1.54, 1.807) is 0 Å². The molecule has 2 N–H and O–H groups in total. The van der Waals surface area contributed by atoms with E-state index < -0.39 is 11.9 Å². The lowest BCUT2D eigenvalue weighted by Gasteiger charge is -2.32. The van der Waals surface area contributed by atoms with Crippen molar-refractivity contribution in [2.24, 2.45) is 11.8 Å². The number of carboxylic acid groups (broad SMARTS) is 1. The highest BCUT2D eigenvalue weighted by Gasteiger charge is 2.48. The molecule has 2 aliphatic rings. The Morgan fingerprint density at radius 3 is 2.71 bits per heavy atom. The predicted octanol–water partition coefficient (Wildman–Crippen LogP) is 0.308.